The Morgan fingerprint density at radius 3 is 2.96 bits per heavy atom. The first-order valence-electron chi connectivity index (χ1n) is 7.36. The first-order chi connectivity index (χ1) is 11.0. The Kier molecular flexibility index (Phi) is 4.42. The van der Waals surface area contributed by atoms with Gasteiger partial charge in [0.2, 0.25) is 0 Å². The van der Waals surface area contributed by atoms with Crippen molar-refractivity contribution < 1.29 is 13.7 Å². The molecule has 0 aliphatic carbocycles. The molecule has 1 aromatic carbocycles. The number of hydrogen-bond donors (Lipinski definition) is 1. The van der Waals surface area contributed by atoms with Crippen molar-refractivity contribution in [1.29, 1.82) is 0 Å². The fourth-order valence-corrected chi connectivity index (χ4v) is 4.11. The molecule has 1 aliphatic heterocycles. The van der Waals surface area contributed by atoms with Crippen molar-refractivity contribution in [3.63, 3.8) is 0 Å². The Bertz CT molecular complexity index is 759. The van der Waals surface area contributed by atoms with Gasteiger partial charge in [0.1, 0.15) is 12.0 Å². The fraction of sp³-hybridized carbons (Fsp3) is 0.400. The maximum atomic E-state index is 11.6. The Labute approximate surface area is 135 Å². The van der Waals surface area contributed by atoms with Gasteiger partial charge in [-0.15, -0.1) is 0 Å². The van der Waals surface area contributed by atoms with E-state index in [9.17, 15) is 14.3 Å². The summed E-state index contributed by atoms with van der Waals surface area (Å²) in [6.07, 6.45) is 3.22. The van der Waals surface area contributed by atoms with Crippen LogP contribution in [0, 0.1) is 17.0 Å². The summed E-state index contributed by atoms with van der Waals surface area (Å²) in [5, 5.41) is 18.4. The maximum Gasteiger partial charge on any atom is 0.292 e. The lowest BCUT2D eigenvalue weighted by Crippen LogP contribution is -2.31. The van der Waals surface area contributed by atoms with Gasteiger partial charge in [-0.3, -0.25) is 14.3 Å². The molecule has 1 aliphatic rings. The van der Waals surface area contributed by atoms with Gasteiger partial charge >= 0.3 is 0 Å². The van der Waals surface area contributed by atoms with Gasteiger partial charge in [0, 0.05) is 40.0 Å². The van der Waals surface area contributed by atoms with E-state index < -0.39 is 15.7 Å². The Balaban J connectivity index is 1.90. The van der Waals surface area contributed by atoms with Crippen LogP contribution in [0.25, 0.3) is 11.1 Å². The highest BCUT2D eigenvalue weighted by atomic mass is 32.2. The van der Waals surface area contributed by atoms with Crippen molar-refractivity contribution in [1.82, 2.24) is 5.16 Å². The van der Waals surface area contributed by atoms with Crippen LogP contribution in [0.1, 0.15) is 18.5 Å². The van der Waals surface area contributed by atoms with E-state index in [4.69, 9.17) is 4.52 Å². The number of hydrogen-bond acceptors (Lipinski definition) is 6. The molecule has 1 saturated heterocycles. The van der Waals surface area contributed by atoms with Crippen LogP contribution in [0.15, 0.2) is 29.0 Å². The highest BCUT2D eigenvalue weighted by Gasteiger charge is 2.23. The second-order valence-corrected chi connectivity index (χ2v) is 7.22. The molecule has 2 unspecified atom stereocenters. The number of aromatic nitrogens is 1. The molecule has 1 N–H and O–H groups in total. The van der Waals surface area contributed by atoms with Crippen LogP contribution in [-0.2, 0) is 10.8 Å². The van der Waals surface area contributed by atoms with Crippen LogP contribution in [0.4, 0.5) is 11.4 Å². The van der Waals surface area contributed by atoms with Gasteiger partial charge in [-0.25, -0.2) is 0 Å². The van der Waals surface area contributed by atoms with Crippen molar-refractivity contribution in [2.75, 3.05) is 16.8 Å². The third kappa shape index (κ3) is 3.42. The maximum absolute atomic E-state index is 11.6. The summed E-state index contributed by atoms with van der Waals surface area (Å²) in [5.74, 6) is 1.25. The molecule has 2 heterocycles. The van der Waals surface area contributed by atoms with Crippen molar-refractivity contribution in [2.45, 2.75) is 25.8 Å². The topological polar surface area (TPSA) is 98.3 Å². The zero-order chi connectivity index (χ0) is 16.4. The minimum absolute atomic E-state index is 0.000504. The van der Waals surface area contributed by atoms with E-state index in [1.54, 1.807) is 19.1 Å². The first kappa shape index (κ1) is 15.7. The zero-order valence-corrected chi connectivity index (χ0v) is 13.5. The number of nitrogens with one attached hydrogen (secondary N) is 1. The lowest BCUT2D eigenvalue weighted by Gasteiger charge is -2.23. The lowest BCUT2D eigenvalue weighted by molar-refractivity contribution is -0.383. The van der Waals surface area contributed by atoms with Crippen molar-refractivity contribution in [3.8, 4) is 11.1 Å². The lowest BCUT2D eigenvalue weighted by atomic mass is 10.0. The number of anilines is 1. The van der Waals surface area contributed by atoms with Crippen LogP contribution < -0.4 is 5.32 Å². The standard InChI is InChI=1S/C15H17N3O4S/c1-10-13(8-22-17-10)11-4-5-14(15(7-11)18(19)20)16-12-3-2-6-23(21)9-12/h4-5,7-8,12,16H,2-3,6,9H2,1H3. The Hall–Kier alpha value is -2.22. The van der Waals surface area contributed by atoms with Crippen LogP contribution in [0.2, 0.25) is 0 Å². The molecule has 0 radical (unpaired) electrons. The van der Waals surface area contributed by atoms with E-state index in [2.05, 4.69) is 10.5 Å². The van der Waals surface area contributed by atoms with E-state index in [1.807, 2.05) is 0 Å². The summed E-state index contributed by atoms with van der Waals surface area (Å²) in [4.78, 5) is 11.0. The number of benzene rings is 1. The molecule has 0 amide bonds. The second kappa shape index (κ2) is 6.49. The van der Waals surface area contributed by atoms with Crippen LogP contribution in [-0.4, -0.2) is 31.8 Å². The average molecular weight is 335 g/mol. The molecule has 23 heavy (non-hydrogen) atoms. The van der Waals surface area contributed by atoms with E-state index >= 15 is 0 Å². The normalized spacial score (nSPS) is 21.1. The first-order valence-corrected chi connectivity index (χ1v) is 8.84. The molecule has 2 aromatic rings. The molecule has 7 nitrogen and oxygen atoms in total. The average Bonchev–Trinajstić information content (AvgIpc) is 2.93. The minimum Gasteiger partial charge on any atom is -0.376 e. The molecule has 3 rings (SSSR count). The summed E-state index contributed by atoms with van der Waals surface area (Å²) in [5.41, 5.74) is 2.56. The highest BCUT2D eigenvalue weighted by Crippen LogP contribution is 2.32. The molecule has 8 heteroatoms. The molecule has 2 atom stereocenters. The number of nitro benzene ring substituents is 1. The number of nitro groups is 1. The summed E-state index contributed by atoms with van der Waals surface area (Å²) in [7, 11) is -0.846. The number of nitrogens with zero attached hydrogens (tertiary/aromatic N) is 2. The number of rotatable bonds is 4. The van der Waals surface area contributed by atoms with Crippen molar-refractivity contribution in [3.05, 3.63) is 40.3 Å². The quantitative estimate of drug-likeness (QED) is 0.681. The third-order valence-corrected chi connectivity index (χ3v) is 5.44. The second-order valence-electron chi connectivity index (χ2n) is 5.60. The van der Waals surface area contributed by atoms with E-state index in [0.29, 0.717) is 28.5 Å². The Morgan fingerprint density at radius 2 is 2.30 bits per heavy atom. The SMILES string of the molecule is Cc1nocc1-c1ccc(NC2CCCS(=O)C2)c([N+](=O)[O-])c1. The van der Waals surface area contributed by atoms with Gasteiger partial charge in [-0.2, -0.15) is 0 Å². The van der Waals surface area contributed by atoms with Crippen molar-refractivity contribution >= 4 is 22.2 Å². The smallest absolute Gasteiger partial charge is 0.292 e. The molecule has 1 fully saturated rings. The summed E-state index contributed by atoms with van der Waals surface area (Å²) < 4.78 is 16.5. The van der Waals surface area contributed by atoms with Gasteiger partial charge in [0.15, 0.2) is 0 Å². The molecule has 122 valence electrons. The highest BCUT2D eigenvalue weighted by molar-refractivity contribution is 7.85. The molecular weight excluding hydrogens is 318 g/mol. The zero-order valence-electron chi connectivity index (χ0n) is 12.7. The van der Waals surface area contributed by atoms with Gasteiger partial charge in [0.25, 0.3) is 5.69 Å². The summed E-state index contributed by atoms with van der Waals surface area (Å²) in [6.45, 7) is 1.79. The van der Waals surface area contributed by atoms with Gasteiger partial charge in [0.05, 0.1) is 10.6 Å². The van der Waals surface area contributed by atoms with E-state index in [1.165, 1.54) is 12.3 Å². The van der Waals surface area contributed by atoms with Crippen LogP contribution >= 0.6 is 0 Å². The van der Waals surface area contributed by atoms with Crippen LogP contribution in [0.5, 0.6) is 0 Å². The molecule has 0 saturated carbocycles. The van der Waals surface area contributed by atoms with Crippen LogP contribution in [0.3, 0.4) is 0 Å². The van der Waals surface area contributed by atoms with Gasteiger partial charge in [-0.1, -0.05) is 11.2 Å². The minimum atomic E-state index is -0.846. The molecule has 1 aromatic heterocycles. The van der Waals surface area contributed by atoms with E-state index in [0.717, 1.165) is 18.4 Å². The monoisotopic (exact) mass is 335 g/mol. The Morgan fingerprint density at radius 1 is 1.48 bits per heavy atom. The van der Waals surface area contributed by atoms with Gasteiger partial charge < -0.3 is 9.84 Å². The van der Waals surface area contributed by atoms with E-state index in [-0.39, 0.29) is 11.7 Å². The fourth-order valence-electron chi connectivity index (χ4n) is 2.76. The van der Waals surface area contributed by atoms with Gasteiger partial charge in [-0.05, 0) is 31.4 Å². The third-order valence-electron chi connectivity index (χ3n) is 3.93. The van der Waals surface area contributed by atoms with Crippen molar-refractivity contribution in [2.24, 2.45) is 0 Å². The molecular formula is C15H17N3O4S. The summed E-state index contributed by atoms with van der Waals surface area (Å²) >= 11 is 0. The predicted molar refractivity (Wildman–Crippen MR) is 87.9 cm³/mol. The predicted octanol–water partition coefficient (Wildman–Crippen LogP) is 2.88. The largest absolute Gasteiger partial charge is 0.376 e. The molecule has 0 spiro atoms. The molecule has 0 bridgehead atoms. The summed E-state index contributed by atoms with van der Waals surface area (Å²) in [6, 6.07) is 5.01. The number of aryl methyl sites for hydroxylation is 1.